The maximum absolute atomic E-state index is 9.96. The minimum Gasteiger partial charge on any atom is -0.391 e. The van der Waals surface area contributed by atoms with Crippen molar-refractivity contribution < 1.29 is 5.11 Å². The van der Waals surface area contributed by atoms with Crippen LogP contribution in [-0.4, -0.2) is 34.3 Å². The van der Waals surface area contributed by atoms with Crippen LogP contribution >= 0.6 is 0 Å². The molecule has 2 unspecified atom stereocenters. The molecule has 1 N–H and O–H groups in total. The summed E-state index contributed by atoms with van der Waals surface area (Å²) < 4.78 is 0. The average molecular weight is 221 g/mol. The molecule has 0 amide bonds. The van der Waals surface area contributed by atoms with E-state index in [0.717, 1.165) is 24.8 Å². The van der Waals surface area contributed by atoms with Crippen LogP contribution in [0.15, 0.2) is 12.4 Å². The van der Waals surface area contributed by atoms with E-state index in [2.05, 4.69) is 9.97 Å². The number of aryl methyl sites for hydroxylation is 1. The quantitative estimate of drug-likeness (QED) is 0.822. The van der Waals surface area contributed by atoms with Crippen LogP contribution in [0.1, 0.15) is 31.2 Å². The Balaban J connectivity index is 2.11. The summed E-state index contributed by atoms with van der Waals surface area (Å²) in [7, 11) is 1.96. The summed E-state index contributed by atoms with van der Waals surface area (Å²) in [4.78, 5) is 10.6. The largest absolute Gasteiger partial charge is 0.391 e. The molecule has 88 valence electrons. The molecule has 1 aliphatic rings. The maximum Gasteiger partial charge on any atom is 0.225 e. The zero-order valence-corrected chi connectivity index (χ0v) is 9.93. The van der Waals surface area contributed by atoms with Gasteiger partial charge in [-0.15, -0.1) is 0 Å². The van der Waals surface area contributed by atoms with E-state index < -0.39 is 0 Å². The van der Waals surface area contributed by atoms with Gasteiger partial charge in [-0.05, 0) is 25.3 Å². The van der Waals surface area contributed by atoms with E-state index in [1.807, 2.05) is 31.3 Å². The van der Waals surface area contributed by atoms with Crippen molar-refractivity contribution in [1.82, 2.24) is 9.97 Å². The third-order valence-electron chi connectivity index (χ3n) is 3.27. The van der Waals surface area contributed by atoms with Crippen LogP contribution in [0.5, 0.6) is 0 Å². The lowest BCUT2D eigenvalue weighted by molar-refractivity contribution is 0.105. The Labute approximate surface area is 96.3 Å². The van der Waals surface area contributed by atoms with E-state index in [1.165, 1.54) is 6.42 Å². The molecule has 1 heterocycles. The van der Waals surface area contributed by atoms with Crippen molar-refractivity contribution in [2.75, 3.05) is 11.9 Å². The van der Waals surface area contributed by atoms with E-state index >= 15 is 0 Å². The molecular weight excluding hydrogens is 202 g/mol. The fourth-order valence-electron chi connectivity index (χ4n) is 2.26. The second-order valence-corrected chi connectivity index (χ2v) is 4.59. The number of hydrogen-bond acceptors (Lipinski definition) is 4. The van der Waals surface area contributed by atoms with Gasteiger partial charge >= 0.3 is 0 Å². The molecule has 1 fully saturated rings. The first-order valence-corrected chi connectivity index (χ1v) is 5.88. The van der Waals surface area contributed by atoms with Gasteiger partial charge in [0.25, 0.3) is 0 Å². The molecule has 1 aliphatic carbocycles. The third kappa shape index (κ3) is 2.32. The van der Waals surface area contributed by atoms with Gasteiger partial charge in [-0.3, -0.25) is 0 Å². The topological polar surface area (TPSA) is 49.2 Å². The monoisotopic (exact) mass is 221 g/mol. The van der Waals surface area contributed by atoms with E-state index in [1.54, 1.807) is 0 Å². The van der Waals surface area contributed by atoms with Crippen molar-refractivity contribution in [3.05, 3.63) is 18.0 Å². The van der Waals surface area contributed by atoms with Crippen LogP contribution in [0, 0.1) is 6.92 Å². The van der Waals surface area contributed by atoms with Crippen molar-refractivity contribution in [1.29, 1.82) is 0 Å². The lowest BCUT2D eigenvalue weighted by atomic mass is 9.92. The Hall–Kier alpha value is -1.16. The van der Waals surface area contributed by atoms with Gasteiger partial charge in [-0.25, -0.2) is 9.97 Å². The van der Waals surface area contributed by atoms with Gasteiger partial charge in [0.15, 0.2) is 0 Å². The van der Waals surface area contributed by atoms with Crippen molar-refractivity contribution in [3.8, 4) is 0 Å². The molecule has 4 heteroatoms. The molecule has 0 saturated heterocycles. The Morgan fingerprint density at radius 3 is 2.50 bits per heavy atom. The van der Waals surface area contributed by atoms with Crippen molar-refractivity contribution in [2.24, 2.45) is 0 Å². The molecule has 4 nitrogen and oxygen atoms in total. The molecule has 1 aromatic rings. The number of aliphatic hydroxyl groups excluding tert-OH is 1. The second-order valence-electron chi connectivity index (χ2n) is 4.59. The van der Waals surface area contributed by atoms with Gasteiger partial charge in [0.1, 0.15) is 0 Å². The zero-order valence-electron chi connectivity index (χ0n) is 9.93. The average Bonchev–Trinajstić information content (AvgIpc) is 2.30. The van der Waals surface area contributed by atoms with Crippen LogP contribution in [-0.2, 0) is 0 Å². The molecule has 1 aromatic heterocycles. The highest BCUT2D eigenvalue weighted by atomic mass is 16.3. The lowest BCUT2D eigenvalue weighted by Crippen LogP contribution is -2.44. The SMILES string of the molecule is Cc1cnc(N(C)C2CCCCC2O)nc1. The Morgan fingerprint density at radius 2 is 1.88 bits per heavy atom. The van der Waals surface area contributed by atoms with Crippen molar-refractivity contribution in [3.63, 3.8) is 0 Å². The van der Waals surface area contributed by atoms with Crippen LogP contribution in [0.2, 0.25) is 0 Å². The number of hydrogen-bond donors (Lipinski definition) is 1. The lowest BCUT2D eigenvalue weighted by Gasteiger charge is -2.35. The van der Waals surface area contributed by atoms with Crippen LogP contribution in [0.25, 0.3) is 0 Å². The summed E-state index contributed by atoms with van der Waals surface area (Å²) >= 11 is 0. The molecule has 0 bridgehead atoms. The van der Waals surface area contributed by atoms with Crippen LogP contribution in [0.3, 0.4) is 0 Å². The van der Waals surface area contributed by atoms with Gasteiger partial charge in [0, 0.05) is 19.4 Å². The van der Waals surface area contributed by atoms with E-state index in [0.29, 0.717) is 5.95 Å². The van der Waals surface area contributed by atoms with Gasteiger partial charge < -0.3 is 10.0 Å². The smallest absolute Gasteiger partial charge is 0.225 e. The molecule has 1 saturated carbocycles. The molecule has 0 aromatic carbocycles. The minimum absolute atomic E-state index is 0.163. The first-order chi connectivity index (χ1) is 7.68. The van der Waals surface area contributed by atoms with Crippen molar-refractivity contribution >= 4 is 5.95 Å². The summed E-state index contributed by atoms with van der Waals surface area (Å²) in [5, 5.41) is 9.96. The predicted octanol–water partition coefficient (Wildman–Crippen LogP) is 1.52. The number of likely N-dealkylation sites (N-methyl/N-ethyl adjacent to an activating group) is 1. The van der Waals surface area contributed by atoms with Crippen LogP contribution in [0.4, 0.5) is 5.95 Å². The number of rotatable bonds is 2. The number of nitrogens with zero attached hydrogens (tertiary/aromatic N) is 3. The number of anilines is 1. The normalized spacial score (nSPS) is 25.4. The van der Waals surface area contributed by atoms with E-state index in [-0.39, 0.29) is 12.1 Å². The summed E-state index contributed by atoms with van der Waals surface area (Å²) in [5.74, 6) is 0.705. The van der Waals surface area contributed by atoms with Crippen molar-refractivity contribution in [2.45, 2.75) is 44.8 Å². The molecule has 2 atom stereocenters. The zero-order chi connectivity index (χ0) is 11.5. The Morgan fingerprint density at radius 1 is 1.25 bits per heavy atom. The van der Waals surface area contributed by atoms with Gasteiger partial charge in [-0.1, -0.05) is 12.8 Å². The van der Waals surface area contributed by atoms with E-state index in [4.69, 9.17) is 0 Å². The molecule has 0 spiro atoms. The standard InChI is InChI=1S/C12H19N3O/c1-9-7-13-12(14-8-9)15(2)10-5-3-4-6-11(10)16/h7-8,10-11,16H,3-6H2,1-2H3. The molecule has 16 heavy (non-hydrogen) atoms. The first-order valence-electron chi connectivity index (χ1n) is 5.88. The predicted molar refractivity (Wildman–Crippen MR) is 63.4 cm³/mol. The Bertz CT molecular complexity index is 339. The van der Waals surface area contributed by atoms with Gasteiger partial charge in [0.2, 0.25) is 5.95 Å². The summed E-state index contributed by atoms with van der Waals surface area (Å²) in [5.41, 5.74) is 1.06. The van der Waals surface area contributed by atoms with Crippen LogP contribution < -0.4 is 4.90 Å². The first kappa shape index (κ1) is 11.3. The molecular formula is C12H19N3O. The Kier molecular flexibility index (Phi) is 3.39. The third-order valence-corrected chi connectivity index (χ3v) is 3.27. The number of aromatic nitrogens is 2. The highest BCUT2D eigenvalue weighted by Gasteiger charge is 2.27. The molecule has 0 aliphatic heterocycles. The molecule has 0 radical (unpaired) electrons. The van der Waals surface area contributed by atoms with Gasteiger partial charge in [0.05, 0.1) is 12.1 Å². The fourth-order valence-corrected chi connectivity index (χ4v) is 2.26. The highest BCUT2D eigenvalue weighted by Crippen LogP contribution is 2.24. The fraction of sp³-hybridized carbons (Fsp3) is 0.667. The second kappa shape index (κ2) is 4.78. The van der Waals surface area contributed by atoms with Gasteiger partial charge in [-0.2, -0.15) is 0 Å². The highest BCUT2D eigenvalue weighted by molar-refractivity contribution is 5.30. The summed E-state index contributed by atoms with van der Waals surface area (Å²) in [6, 6.07) is 0.163. The van der Waals surface area contributed by atoms with E-state index in [9.17, 15) is 5.11 Å². The summed E-state index contributed by atoms with van der Waals surface area (Å²) in [6.07, 6.45) is 7.60. The minimum atomic E-state index is -0.247. The number of aliphatic hydroxyl groups is 1. The summed E-state index contributed by atoms with van der Waals surface area (Å²) in [6.45, 7) is 1.97. The maximum atomic E-state index is 9.96. The molecule has 2 rings (SSSR count).